The molecule has 0 N–H and O–H groups in total. The standard InChI is InChI=1S/C20H26N4O2/c1-15-7-2-3-9-17(15)26-14-16-8-6-11-23(13-16)20(25)19-22-21-18-10-4-5-12-24(18)19/h2-3,7,9,16H,4-6,8,10-14H2,1H3/t16-/m0/s1. The lowest BCUT2D eigenvalue weighted by Crippen LogP contribution is -2.42. The number of hydrogen-bond acceptors (Lipinski definition) is 4. The van der Waals surface area contributed by atoms with E-state index < -0.39 is 0 Å². The highest BCUT2D eigenvalue weighted by Gasteiger charge is 2.29. The van der Waals surface area contributed by atoms with Crippen LogP contribution in [0.15, 0.2) is 24.3 Å². The van der Waals surface area contributed by atoms with E-state index in [9.17, 15) is 4.79 Å². The van der Waals surface area contributed by atoms with Gasteiger partial charge < -0.3 is 14.2 Å². The number of aromatic nitrogens is 3. The Kier molecular flexibility index (Phi) is 4.91. The second-order valence-electron chi connectivity index (χ2n) is 7.38. The van der Waals surface area contributed by atoms with Gasteiger partial charge in [0.05, 0.1) is 6.61 Å². The zero-order valence-electron chi connectivity index (χ0n) is 15.4. The van der Waals surface area contributed by atoms with Crippen LogP contribution < -0.4 is 4.74 Å². The van der Waals surface area contributed by atoms with Crippen LogP contribution in [0.25, 0.3) is 0 Å². The second-order valence-corrected chi connectivity index (χ2v) is 7.38. The van der Waals surface area contributed by atoms with Gasteiger partial charge in [-0.3, -0.25) is 4.79 Å². The SMILES string of the molecule is Cc1ccccc1OC[C@H]1CCCN(C(=O)c2nnc3n2CCCC3)C1. The molecule has 1 aromatic carbocycles. The minimum atomic E-state index is 0.0197. The molecule has 6 nitrogen and oxygen atoms in total. The van der Waals surface area contributed by atoms with Crippen molar-refractivity contribution in [2.24, 2.45) is 5.92 Å². The van der Waals surface area contributed by atoms with Gasteiger partial charge in [-0.05, 0) is 44.2 Å². The fraction of sp³-hybridized carbons (Fsp3) is 0.550. The van der Waals surface area contributed by atoms with Gasteiger partial charge in [-0.2, -0.15) is 0 Å². The number of amides is 1. The first-order chi connectivity index (χ1) is 12.7. The number of carbonyl (C=O) groups excluding carboxylic acids is 1. The van der Waals surface area contributed by atoms with E-state index in [0.29, 0.717) is 18.3 Å². The normalized spacial score (nSPS) is 19.9. The molecular weight excluding hydrogens is 328 g/mol. The number of para-hydroxylation sites is 1. The number of hydrogen-bond donors (Lipinski definition) is 0. The van der Waals surface area contributed by atoms with Crippen LogP contribution in [-0.2, 0) is 13.0 Å². The maximum atomic E-state index is 13.0. The number of ether oxygens (including phenoxy) is 1. The van der Waals surface area contributed by atoms with Gasteiger partial charge in [-0.15, -0.1) is 10.2 Å². The van der Waals surface area contributed by atoms with E-state index in [-0.39, 0.29) is 5.91 Å². The first kappa shape index (κ1) is 17.1. The summed E-state index contributed by atoms with van der Waals surface area (Å²) in [4.78, 5) is 14.9. The van der Waals surface area contributed by atoms with E-state index >= 15 is 0 Å². The van der Waals surface area contributed by atoms with Crippen molar-refractivity contribution in [3.05, 3.63) is 41.5 Å². The zero-order chi connectivity index (χ0) is 17.9. The van der Waals surface area contributed by atoms with Gasteiger partial charge in [0.2, 0.25) is 5.82 Å². The maximum absolute atomic E-state index is 13.0. The van der Waals surface area contributed by atoms with Crippen LogP contribution in [-0.4, -0.2) is 45.3 Å². The lowest BCUT2D eigenvalue weighted by Gasteiger charge is -2.32. The summed E-state index contributed by atoms with van der Waals surface area (Å²) < 4.78 is 8.03. The van der Waals surface area contributed by atoms with Crippen molar-refractivity contribution < 1.29 is 9.53 Å². The van der Waals surface area contributed by atoms with Crippen molar-refractivity contribution in [1.82, 2.24) is 19.7 Å². The molecule has 1 aromatic heterocycles. The van der Waals surface area contributed by atoms with Crippen LogP contribution in [0.3, 0.4) is 0 Å². The Balaban J connectivity index is 1.39. The average molecular weight is 354 g/mol. The molecule has 2 aliphatic rings. The van der Waals surface area contributed by atoms with E-state index in [1.807, 2.05) is 27.7 Å². The van der Waals surface area contributed by atoms with Gasteiger partial charge in [0.25, 0.3) is 5.91 Å². The molecule has 26 heavy (non-hydrogen) atoms. The molecule has 1 atom stereocenters. The molecule has 6 heteroatoms. The highest BCUT2D eigenvalue weighted by molar-refractivity contribution is 5.90. The Labute approximate surface area is 154 Å². The summed E-state index contributed by atoms with van der Waals surface area (Å²) in [7, 11) is 0. The Bertz CT molecular complexity index is 786. The summed E-state index contributed by atoms with van der Waals surface area (Å²) in [6, 6.07) is 8.07. The Morgan fingerprint density at radius 1 is 1.19 bits per heavy atom. The molecule has 138 valence electrons. The summed E-state index contributed by atoms with van der Waals surface area (Å²) in [5, 5.41) is 8.41. The molecule has 1 saturated heterocycles. The maximum Gasteiger partial charge on any atom is 0.291 e. The lowest BCUT2D eigenvalue weighted by atomic mass is 9.99. The van der Waals surface area contributed by atoms with E-state index in [0.717, 1.165) is 68.9 Å². The zero-order valence-corrected chi connectivity index (χ0v) is 15.4. The largest absolute Gasteiger partial charge is 0.493 e. The molecule has 1 fully saturated rings. The molecule has 3 heterocycles. The number of carbonyl (C=O) groups is 1. The minimum Gasteiger partial charge on any atom is -0.493 e. The topological polar surface area (TPSA) is 60.2 Å². The van der Waals surface area contributed by atoms with Gasteiger partial charge in [0.15, 0.2) is 0 Å². The number of rotatable bonds is 4. The van der Waals surface area contributed by atoms with Crippen molar-refractivity contribution in [3.63, 3.8) is 0 Å². The van der Waals surface area contributed by atoms with Crippen molar-refractivity contribution in [2.45, 2.75) is 45.6 Å². The Morgan fingerprint density at radius 2 is 2.08 bits per heavy atom. The summed E-state index contributed by atoms with van der Waals surface area (Å²) in [6.45, 7) is 5.08. The molecule has 0 aliphatic carbocycles. The first-order valence-electron chi connectivity index (χ1n) is 9.62. The van der Waals surface area contributed by atoms with Gasteiger partial charge in [0, 0.05) is 32.0 Å². The monoisotopic (exact) mass is 354 g/mol. The number of piperidine rings is 1. The molecule has 2 aromatic rings. The number of aryl methyl sites for hydroxylation is 2. The van der Waals surface area contributed by atoms with Gasteiger partial charge >= 0.3 is 0 Å². The predicted molar refractivity (Wildman–Crippen MR) is 98.3 cm³/mol. The summed E-state index contributed by atoms with van der Waals surface area (Å²) in [6.07, 6.45) is 5.25. The molecular formula is C20H26N4O2. The van der Waals surface area contributed by atoms with Crippen molar-refractivity contribution in [2.75, 3.05) is 19.7 Å². The second kappa shape index (κ2) is 7.48. The quantitative estimate of drug-likeness (QED) is 0.847. The molecule has 1 amide bonds. The first-order valence-corrected chi connectivity index (χ1v) is 9.62. The molecule has 0 spiro atoms. The fourth-order valence-electron chi connectivity index (χ4n) is 3.92. The molecule has 0 saturated carbocycles. The molecule has 0 unspecified atom stereocenters. The van der Waals surface area contributed by atoms with Gasteiger partial charge in [-0.25, -0.2) is 0 Å². The van der Waals surface area contributed by atoms with E-state index in [1.165, 1.54) is 0 Å². The third-order valence-electron chi connectivity index (χ3n) is 5.43. The fourth-order valence-corrected chi connectivity index (χ4v) is 3.92. The number of likely N-dealkylation sites (tertiary alicyclic amines) is 1. The van der Waals surface area contributed by atoms with Crippen molar-refractivity contribution in [1.29, 1.82) is 0 Å². The average Bonchev–Trinajstić information content (AvgIpc) is 3.11. The number of nitrogens with zero attached hydrogens (tertiary/aromatic N) is 4. The third-order valence-corrected chi connectivity index (χ3v) is 5.43. The highest BCUT2D eigenvalue weighted by atomic mass is 16.5. The van der Waals surface area contributed by atoms with Crippen LogP contribution in [0.5, 0.6) is 5.75 Å². The van der Waals surface area contributed by atoms with Gasteiger partial charge in [0.1, 0.15) is 11.6 Å². The van der Waals surface area contributed by atoms with Crippen molar-refractivity contribution in [3.8, 4) is 5.75 Å². The summed E-state index contributed by atoms with van der Waals surface area (Å²) >= 11 is 0. The van der Waals surface area contributed by atoms with Crippen LogP contribution in [0.1, 0.15) is 47.7 Å². The van der Waals surface area contributed by atoms with Crippen LogP contribution >= 0.6 is 0 Å². The number of fused-ring (bicyclic) bond motifs is 1. The van der Waals surface area contributed by atoms with E-state index in [1.54, 1.807) is 0 Å². The molecule has 4 rings (SSSR count). The van der Waals surface area contributed by atoms with E-state index in [2.05, 4.69) is 23.2 Å². The van der Waals surface area contributed by atoms with Crippen LogP contribution in [0.2, 0.25) is 0 Å². The van der Waals surface area contributed by atoms with Crippen LogP contribution in [0, 0.1) is 12.8 Å². The van der Waals surface area contributed by atoms with Gasteiger partial charge in [-0.1, -0.05) is 18.2 Å². The molecule has 0 radical (unpaired) electrons. The van der Waals surface area contributed by atoms with E-state index in [4.69, 9.17) is 4.74 Å². The minimum absolute atomic E-state index is 0.0197. The smallest absolute Gasteiger partial charge is 0.291 e. The molecule has 2 aliphatic heterocycles. The number of benzene rings is 1. The summed E-state index contributed by atoms with van der Waals surface area (Å²) in [5.41, 5.74) is 1.14. The third kappa shape index (κ3) is 3.45. The van der Waals surface area contributed by atoms with Crippen LogP contribution in [0.4, 0.5) is 0 Å². The highest BCUT2D eigenvalue weighted by Crippen LogP contribution is 2.23. The van der Waals surface area contributed by atoms with Crippen molar-refractivity contribution >= 4 is 5.91 Å². The summed E-state index contributed by atoms with van der Waals surface area (Å²) in [5.74, 6) is 2.78. The predicted octanol–water partition coefficient (Wildman–Crippen LogP) is 2.85. The molecule has 0 bridgehead atoms. The Morgan fingerprint density at radius 3 is 2.96 bits per heavy atom. The lowest BCUT2D eigenvalue weighted by molar-refractivity contribution is 0.0614. The Hall–Kier alpha value is -2.37.